The number of carbonyl (C=O) groups excluding carboxylic acids is 2. The molecule has 0 saturated heterocycles. The summed E-state index contributed by atoms with van der Waals surface area (Å²) in [7, 11) is 0. The van der Waals surface area contributed by atoms with Crippen molar-refractivity contribution < 1.29 is 14.3 Å². The normalized spacial score (nSPS) is 19.3. The molecule has 1 heterocycles. The lowest BCUT2D eigenvalue weighted by Crippen LogP contribution is -2.34. The highest BCUT2D eigenvalue weighted by molar-refractivity contribution is 5.97. The van der Waals surface area contributed by atoms with Gasteiger partial charge in [0.15, 0.2) is 0 Å². The van der Waals surface area contributed by atoms with Gasteiger partial charge in [0.05, 0.1) is 6.10 Å². The van der Waals surface area contributed by atoms with Crippen LogP contribution in [0.25, 0.3) is 0 Å². The molecule has 5 heteroatoms. The van der Waals surface area contributed by atoms with E-state index in [4.69, 9.17) is 4.74 Å². The van der Waals surface area contributed by atoms with Crippen molar-refractivity contribution in [2.45, 2.75) is 70.5 Å². The molecule has 1 saturated carbocycles. The molecule has 2 aliphatic rings. The summed E-state index contributed by atoms with van der Waals surface area (Å²) in [6.45, 7) is 1.97. The molecule has 0 bridgehead atoms. The van der Waals surface area contributed by atoms with Gasteiger partial charge in [0.1, 0.15) is 6.10 Å². The Balaban J connectivity index is 1.62. The number of anilines is 2. The zero-order valence-corrected chi connectivity index (χ0v) is 14.3. The number of fused-ring (bicyclic) bond motifs is 1. The zero-order valence-electron chi connectivity index (χ0n) is 14.3. The van der Waals surface area contributed by atoms with Crippen molar-refractivity contribution in [3.05, 3.63) is 23.8 Å². The quantitative estimate of drug-likeness (QED) is 0.866. The van der Waals surface area contributed by atoms with Gasteiger partial charge < -0.3 is 15.4 Å². The number of hydrogen-bond acceptors (Lipinski definition) is 3. The van der Waals surface area contributed by atoms with Crippen LogP contribution < -0.4 is 10.6 Å². The van der Waals surface area contributed by atoms with E-state index in [1.807, 2.05) is 25.1 Å². The van der Waals surface area contributed by atoms with E-state index in [1.165, 1.54) is 19.3 Å². The summed E-state index contributed by atoms with van der Waals surface area (Å²) in [6, 6.07) is 5.69. The molecule has 0 radical (unpaired) electrons. The largest absolute Gasteiger partial charge is 0.365 e. The molecule has 5 nitrogen and oxygen atoms in total. The number of aryl methyl sites for hydroxylation is 1. The van der Waals surface area contributed by atoms with Gasteiger partial charge in [0, 0.05) is 17.8 Å². The molecule has 1 aromatic rings. The molecular weight excluding hydrogens is 304 g/mol. The van der Waals surface area contributed by atoms with Crippen LogP contribution in [-0.4, -0.2) is 24.0 Å². The van der Waals surface area contributed by atoms with Gasteiger partial charge in [-0.3, -0.25) is 9.59 Å². The first kappa shape index (κ1) is 17.0. The van der Waals surface area contributed by atoms with Gasteiger partial charge in [0.2, 0.25) is 5.91 Å². The minimum absolute atomic E-state index is 0.0260. The fourth-order valence-corrected chi connectivity index (χ4v) is 3.45. The van der Waals surface area contributed by atoms with E-state index in [9.17, 15) is 9.59 Å². The third-order valence-corrected chi connectivity index (χ3v) is 4.85. The van der Waals surface area contributed by atoms with Crippen LogP contribution in [0.2, 0.25) is 0 Å². The Labute approximate surface area is 143 Å². The van der Waals surface area contributed by atoms with Gasteiger partial charge in [0.25, 0.3) is 5.91 Å². The standard InChI is InChI=1S/C19H26N2O3/c1-2-17(24-15-6-4-3-5-7-15)19(23)20-14-10-8-13-9-11-18(22)21-16(13)12-14/h8,10,12,15,17H,2-7,9,11H2,1H3,(H,20,23)(H,21,22). The second kappa shape index (κ2) is 7.79. The summed E-state index contributed by atoms with van der Waals surface area (Å²) >= 11 is 0. The van der Waals surface area contributed by atoms with Gasteiger partial charge in [-0.1, -0.05) is 32.3 Å². The molecule has 3 rings (SSSR count). The second-order valence-electron chi connectivity index (χ2n) is 6.70. The topological polar surface area (TPSA) is 67.4 Å². The SMILES string of the molecule is CCC(OC1CCCCC1)C(=O)Nc1ccc2c(c1)NC(=O)CC2. The van der Waals surface area contributed by atoms with Crippen LogP contribution in [0.3, 0.4) is 0 Å². The van der Waals surface area contributed by atoms with E-state index in [2.05, 4.69) is 10.6 Å². The maximum absolute atomic E-state index is 12.5. The summed E-state index contributed by atoms with van der Waals surface area (Å²) in [5.74, 6) is -0.0804. The summed E-state index contributed by atoms with van der Waals surface area (Å²) in [5.41, 5.74) is 2.61. The highest BCUT2D eigenvalue weighted by atomic mass is 16.5. The van der Waals surface area contributed by atoms with Crippen molar-refractivity contribution in [1.29, 1.82) is 0 Å². The number of nitrogens with one attached hydrogen (secondary N) is 2. The fraction of sp³-hybridized carbons (Fsp3) is 0.579. The molecule has 130 valence electrons. The van der Waals surface area contributed by atoms with E-state index in [-0.39, 0.29) is 17.9 Å². The van der Waals surface area contributed by atoms with E-state index < -0.39 is 6.10 Å². The molecule has 1 fully saturated rings. The lowest BCUT2D eigenvalue weighted by Gasteiger charge is -2.26. The molecule has 1 aromatic carbocycles. The smallest absolute Gasteiger partial charge is 0.253 e. The van der Waals surface area contributed by atoms with Gasteiger partial charge >= 0.3 is 0 Å². The Bertz CT molecular complexity index is 609. The third kappa shape index (κ3) is 4.15. The Morgan fingerprint density at radius 3 is 2.83 bits per heavy atom. The van der Waals surface area contributed by atoms with Gasteiger partial charge in [-0.2, -0.15) is 0 Å². The Morgan fingerprint density at radius 2 is 2.08 bits per heavy atom. The van der Waals surface area contributed by atoms with Crippen molar-refractivity contribution in [2.75, 3.05) is 10.6 Å². The van der Waals surface area contributed by atoms with Crippen molar-refractivity contribution >= 4 is 23.2 Å². The molecule has 24 heavy (non-hydrogen) atoms. The first-order valence-corrected chi connectivity index (χ1v) is 9.05. The molecule has 1 atom stereocenters. The second-order valence-corrected chi connectivity index (χ2v) is 6.70. The van der Waals surface area contributed by atoms with Crippen LogP contribution in [0.1, 0.15) is 57.4 Å². The molecule has 1 unspecified atom stereocenters. The minimum atomic E-state index is -0.418. The molecule has 2 amide bonds. The van der Waals surface area contributed by atoms with Crippen LogP contribution in [0.5, 0.6) is 0 Å². The first-order valence-electron chi connectivity index (χ1n) is 9.05. The number of hydrogen-bond donors (Lipinski definition) is 2. The Morgan fingerprint density at radius 1 is 1.29 bits per heavy atom. The average molecular weight is 330 g/mol. The predicted molar refractivity (Wildman–Crippen MR) is 94.1 cm³/mol. The van der Waals surface area contributed by atoms with Crippen LogP contribution in [0.4, 0.5) is 11.4 Å². The average Bonchev–Trinajstić information content (AvgIpc) is 2.60. The highest BCUT2D eigenvalue weighted by Gasteiger charge is 2.24. The number of rotatable bonds is 5. The van der Waals surface area contributed by atoms with Crippen LogP contribution in [0.15, 0.2) is 18.2 Å². The number of amides is 2. The molecule has 0 spiro atoms. The highest BCUT2D eigenvalue weighted by Crippen LogP contribution is 2.27. The Hall–Kier alpha value is -1.88. The summed E-state index contributed by atoms with van der Waals surface area (Å²) < 4.78 is 6.02. The molecular formula is C19H26N2O3. The first-order chi connectivity index (χ1) is 11.7. The molecule has 1 aliphatic heterocycles. The number of benzene rings is 1. The number of ether oxygens (including phenoxy) is 1. The summed E-state index contributed by atoms with van der Waals surface area (Å²) in [6.07, 6.45) is 7.46. The zero-order chi connectivity index (χ0) is 16.9. The van der Waals surface area contributed by atoms with E-state index >= 15 is 0 Å². The molecule has 2 N–H and O–H groups in total. The minimum Gasteiger partial charge on any atom is -0.365 e. The van der Waals surface area contributed by atoms with E-state index in [0.29, 0.717) is 18.5 Å². The fourth-order valence-electron chi connectivity index (χ4n) is 3.45. The van der Waals surface area contributed by atoms with Crippen LogP contribution in [0, 0.1) is 0 Å². The van der Waals surface area contributed by atoms with Crippen molar-refractivity contribution in [3.63, 3.8) is 0 Å². The lowest BCUT2D eigenvalue weighted by atomic mass is 9.97. The van der Waals surface area contributed by atoms with Crippen molar-refractivity contribution in [2.24, 2.45) is 0 Å². The van der Waals surface area contributed by atoms with Gasteiger partial charge in [-0.05, 0) is 43.4 Å². The molecule has 1 aliphatic carbocycles. The molecule has 0 aromatic heterocycles. The lowest BCUT2D eigenvalue weighted by molar-refractivity contribution is -0.132. The van der Waals surface area contributed by atoms with Crippen LogP contribution >= 0.6 is 0 Å². The van der Waals surface area contributed by atoms with Gasteiger partial charge in [-0.25, -0.2) is 0 Å². The van der Waals surface area contributed by atoms with Crippen LogP contribution in [-0.2, 0) is 20.7 Å². The monoisotopic (exact) mass is 330 g/mol. The van der Waals surface area contributed by atoms with E-state index in [1.54, 1.807) is 0 Å². The third-order valence-electron chi connectivity index (χ3n) is 4.85. The van der Waals surface area contributed by atoms with E-state index in [0.717, 1.165) is 30.5 Å². The van der Waals surface area contributed by atoms with Gasteiger partial charge in [-0.15, -0.1) is 0 Å². The number of carbonyl (C=O) groups is 2. The maximum atomic E-state index is 12.5. The Kier molecular flexibility index (Phi) is 5.51. The van der Waals surface area contributed by atoms with Crippen molar-refractivity contribution in [1.82, 2.24) is 0 Å². The maximum Gasteiger partial charge on any atom is 0.253 e. The summed E-state index contributed by atoms with van der Waals surface area (Å²) in [5, 5.41) is 5.79. The predicted octanol–water partition coefficient (Wildman–Crippen LogP) is 3.64. The summed E-state index contributed by atoms with van der Waals surface area (Å²) in [4.78, 5) is 24.0. The van der Waals surface area contributed by atoms with Crippen molar-refractivity contribution in [3.8, 4) is 0 Å².